The maximum Gasteiger partial charge on any atom is 0.231 e. The number of nitrogens with zero attached hydrogens (tertiary/aromatic N) is 4. The van der Waals surface area contributed by atoms with Crippen molar-refractivity contribution in [1.82, 2.24) is 25.1 Å². The Bertz CT molecular complexity index is 913. The molecule has 1 atom stereocenters. The number of rotatable bonds is 3. The van der Waals surface area contributed by atoms with Gasteiger partial charge in [-0.05, 0) is 31.0 Å². The number of nitrogens with one attached hydrogen (secondary N) is 2. The minimum atomic E-state index is -0.0187. The van der Waals surface area contributed by atoms with Crippen molar-refractivity contribution in [3.63, 3.8) is 0 Å². The summed E-state index contributed by atoms with van der Waals surface area (Å²) in [6.07, 6.45) is 7.44. The fourth-order valence-electron chi connectivity index (χ4n) is 3.12. The number of amides is 1. The van der Waals surface area contributed by atoms with Gasteiger partial charge in [0.1, 0.15) is 0 Å². The Balaban J connectivity index is 1.59. The molecule has 25 heavy (non-hydrogen) atoms. The molecule has 0 spiro atoms. The molecule has 0 unspecified atom stereocenters. The third-order valence-corrected chi connectivity index (χ3v) is 4.52. The molecule has 1 aliphatic heterocycles. The molecule has 7 heteroatoms. The first-order valence-electron chi connectivity index (χ1n) is 8.46. The van der Waals surface area contributed by atoms with Gasteiger partial charge in [-0.1, -0.05) is 12.1 Å². The SMILES string of the molecule is Cn1cc(-c2ccc3cnc(NC(=O)[C@H]4CCCNC4)nc3c2)cn1. The highest BCUT2D eigenvalue weighted by Crippen LogP contribution is 2.23. The third-order valence-electron chi connectivity index (χ3n) is 4.52. The Morgan fingerprint density at radius 2 is 2.24 bits per heavy atom. The van der Waals surface area contributed by atoms with Crippen molar-refractivity contribution in [2.24, 2.45) is 13.0 Å². The second-order valence-corrected chi connectivity index (χ2v) is 6.40. The zero-order valence-electron chi connectivity index (χ0n) is 14.1. The summed E-state index contributed by atoms with van der Waals surface area (Å²) in [6, 6.07) is 5.99. The van der Waals surface area contributed by atoms with Crippen LogP contribution in [-0.2, 0) is 11.8 Å². The molecule has 1 aromatic carbocycles. The molecule has 1 fully saturated rings. The molecule has 3 heterocycles. The summed E-state index contributed by atoms with van der Waals surface area (Å²) in [6.45, 7) is 1.69. The number of aryl methyl sites for hydroxylation is 1. The van der Waals surface area contributed by atoms with E-state index in [1.54, 1.807) is 10.9 Å². The number of hydrogen-bond acceptors (Lipinski definition) is 5. The summed E-state index contributed by atoms with van der Waals surface area (Å²) in [5, 5.41) is 11.2. The minimum Gasteiger partial charge on any atom is -0.316 e. The predicted octanol–water partition coefficient (Wildman–Crippen LogP) is 1.97. The average molecular weight is 336 g/mol. The quantitative estimate of drug-likeness (QED) is 0.764. The van der Waals surface area contributed by atoms with Crippen molar-refractivity contribution in [3.05, 3.63) is 36.8 Å². The first-order chi connectivity index (χ1) is 12.2. The van der Waals surface area contributed by atoms with Crippen molar-refractivity contribution in [2.75, 3.05) is 18.4 Å². The van der Waals surface area contributed by atoms with Crippen molar-refractivity contribution < 1.29 is 4.79 Å². The molecule has 7 nitrogen and oxygen atoms in total. The van der Waals surface area contributed by atoms with E-state index >= 15 is 0 Å². The molecule has 2 aromatic heterocycles. The lowest BCUT2D eigenvalue weighted by molar-refractivity contribution is -0.120. The third kappa shape index (κ3) is 3.36. The number of carbonyl (C=O) groups is 1. The van der Waals surface area contributed by atoms with Gasteiger partial charge in [0, 0.05) is 36.9 Å². The summed E-state index contributed by atoms with van der Waals surface area (Å²) in [5.41, 5.74) is 2.86. The topological polar surface area (TPSA) is 84.7 Å². The standard InChI is InChI=1S/C18H20N6O/c1-24-11-15(10-21-24)12-4-5-13-9-20-18(22-16(13)7-12)23-17(25)14-3-2-6-19-8-14/h4-5,7,9-11,14,19H,2-3,6,8H2,1H3,(H,20,22,23,25)/t14-/m0/s1. The van der Waals surface area contributed by atoms with Crippen LogP contribution in [0.1, 0.15) is 12.8 Å². The lowest BCUT2D eigenvalue weighted by Crippen LogP contribution is -2.37. The molecule has 1 aliphatic rings. The smallest absolute Gasteiger partial charge is 0.231 e. The van der Waals surface area contributed by atoms with Gasteiger partial charge in [0.05, 0.1) is 17.6 Å². The summed E-state index contributed by atoms with van der Waals surface area (Å²) in [4.78, 5) is 21.1. The molecular formula is C18H20N6O. The van der Waals surface area contributed by atoms with E-state index in [9.17, 15) is 4.79 Å². The molecule has 2 N–H and O–H groups in total. The van der Waals surface area contributed by atoms with E-state index in [-0.39, 0.29) is 11.8 Å². The number of carbonyl (C=O) groups excluding carboxylic acids is 1. The van der Waals surface area contributed by atoms with Gasteiger partial charge in [-0.2, -0.15) is 5.10 Å². The molecule has 4 rings (SSSR count). The first kappa shape index (κ1) is 15.7. The number of benzene rings is 1. The number of piperidine rings is 1. The van der Waals surface area contributed by atoms with Crippen LogP contribution in [0.5, 0.6) is 0 Å². The maximum atomic E-state index is 12.4. The van der Waals surface area contributed by atoms with E-state index in [0.717, 1.165) is 41.4 Å². The van der Waals surface area contributed by atoms with Gasteiger partial charge in [-0.15, -0.1) is 0 Å². The predicted molar refractivity (Wildman–Crippen MR) is 96.0 cm³/mol. The summed E-state index contributed by atoms with van der Waals surface area (Å²) in [5.74, 6) is 0.316. The van der Waals surface area contributed by atoms with Gasteiger partial charge in [0.25, 0.3) is 0 Å². The normalized spacial score (nSPS) is 17.6. The number of anilines is 1. The van der Waals surface area contributed by atoms with Gasteiger partial charge in [-0.3, -0.25) is 14.8 Å². The van der Waals surface area contributed by atoms with Crippen LogP contribution in [0.25, 0.3) is 22.0 Å². The van der Waals surface area contributed by atoms with Crippen molar-refractivity contribution in [3.8, 4) is 11.1 Å². The van der Waals surface area contributed by atoms with Gasteiger partial charge < -0.3 is 5.32 Å². The van der Waals surface area contributed by atoms with Crippen molar-refractivity contribution >= 4 is 22.8 Å². The second kappa shape index (κ2) is 6.60. The van der Waals surface area contributed by atoms with E-state index in [1.165, 1.54) is 0 Å². The number of hydrogen-bond donors (Lipinski definition) is 2. The molecular weight excluding hydrogens is 316 g/mol. The zero-order valence-corrected chi connectivity index (χ0v) is 14.1. The lowest BCUT2D eigenvalue weighted by atomic mass is 9.99. The zero-order chi connectivity index (χ0) is 17.2. The highest BCUT2D eigenvalue weighted by Gasteiger charge is 2.21. The molecule has 0 radical (unpaired) electrons. The molecule has 3 aromatic rings. The van der Waals surface area contributed by atoms with Gasteiger partial charge in [-0.25, -0.2) is 9.97 Å². The fraction of sp³-hybridized carbons (Fsp3) is 0.333. The Morgan fingerprint density at radius 3 is 3.00 bits per heavy atom. The van der Waals surface area contributed by atoms with Gasteiger partial charge >= 0.3 is 0 Å². The Kier molecular flexibility index (Phi) is 4.15. The van der Waals surface area contributed by atoms with Gasteiger partial charge in [0.2, 0.25) is 11.9 Å². The highest BCUT2D eigenvalue weighted by atomic mass is 16.2. The van der Waals surface area contributed by atoms with E-state index in [4.69, 9.17) is 0 Å². The molecule has 1 amide bonds. The maximum absolute atomic E-state index is 12.4. The number of aromatic nitrogens is 4. The van der Waals surface area contributed by atoms with Crippen molar-refractivity contribution in [1.29, 1.82) is 0 Å². The monoisotopic (exact) mass is 336 g/mol. The summed E-state index contributed by atoms with van der Waals surface area (Å²) in [7, 11) is 1.89. The largest absolute Gasteiger partial charge is 0.316 e. The van der Waals surface area contributed by atoms with Crippen molar-refractivity contribution in [2.45, 2.75) is 12.8 Å². The average Bonchev–Trinajstić information content (AvgIpc) is 3.08. The Labute approximate surface area is 145 Å². The molecule has 0 aliphatic carbocycles. The van der Waals surface area contributed by atoms with Crippen LogP contribution in [0.3, 0.4) is 0 Å². The van der Waals surface area contributed by atoms with Crippen LogP contribution in [0.15, 0.2) is 36.8 Å². The first-order valence-corrected chi connectivity index (χ1v) is 8.46. The second-order valence-electron chi connectivity index (χ2n) is 6.40. The highest BCUT2D eigenvalue weighted by molar-refractivity contribution is 5.92. The fourth-order valence-corrected chi connectivity index (χ4v) is 3.12. The molecule has 0 saturated carbocycles. The number of fused-ring (bicyclic) bond motifs is 1. The van der Waals surface area contributed by atoms with E-state index < -0.39 is 0 Å². The van der Waals surface area contributed by atoms with Crippen LogP contribution < -0.4 is 10.6 Å². The summed E-state index contributed by atoms with van der Waals surface area (Å²) < 4.78 is 1.77. The van der Waals surface area contributed by atoms with Gasteiger partial charge in [0.15, 0.2) is 0 Å². The minimum absolute atomic E-state index is 0.0186. The van der Waals surface area contributed by atoms with Crippen LogP contribution >= 0.6 is 0 Å². The van der Waals surface area contributed by atoms with Crippen LogP contribution in [-0.4, -0.2) is 38.7 Å². The molecule has 0 bridgehead atoms. The molecule has 1 saturated heterocycles. The Hall–Kier alpha value is -2.80. The van der Waals surface area contributed by atoms with E-state index in [2.05, 4.69) is 25.7 Å². The summed E-state index contributed by atoms with van der Waals surface area (Å²) >= 11 is 0. The van der Waals surface area contributed by atoms with E-state index in [0.29, 0.717) is 12.5 Å². The lowest BCUT2D eigenvalue weighted by Gasteiger charge is -2.21. The Morgan fingerprint density at radius 1 is 1.32 bits per heavy atom. The molecule has 128 valence electrons. The van der Waals surface area contributed by atoms with Crippen LogP contribution in [0.4, 0.5) is 5.95 Å². The van der Waals surface area contributed by atoms with Crippen LogP contribution in [0, 0.1) is 5.92 Å². The van der Waals surface area contributed by atoms with E-state index in [1.807, 2.05) is 37.6 Å². The van der Waals surface area contributed by atoms with Crippen LogP contribution in [0.2, 0.25) is 0 Å².